The molecule has 1 fully saturated rings. The average molecular weight is 620 g/mol. The standard InChI is InChI=1S/C36H45NO6S/c1-25(2)44-33-29(28(19-20-30(33)34(38)39)26-14-8-6-9-15-26)21-22-37(35(40)43-36(3,4)5)24-31(27-16-10-7-11-17-27)42-32-18-12-13-23-41-32/h6-11,14-17,19-20,25,31-32H,12-13,18,21-24H2,1-5H3,(H,38,39)/t31-,32?/m0/s1. The second kappa shape index (κ2) is 15.6. The summed E-state index contributed by atoms with van der Waals surface area (Å²) in [6.07, 6.45) is 2.04. The number of amides is 1. The molecule has 7 nitrogen and oxygen atoms in total. The van der Waals surface area contributed by atoms with Crippen molar-refractivity contribution in [2.24, 2.45) is 0 Å². The zero-order valence-corrected chi connectivity index (χ0v) is 27.3. The topological polar surface area (TPSA) is 85.3 Å². The van der Waals surface area contributed by atoms with Crippen LogP contribution in [0.3, 0.4) is 0 Å². The van der Waals surface area contributed by atoms with Crippen LogP contribution >= 0.6 is 11.8 Å². The van der Waals surface area contributed by atoms with Gasteiger partial charge in [0.1, 0.15) is 11.7 Å². The van der Waals surface area contributed by atoms with Crippen LogP contribution in [0.15, 0.2) is 77.7 Å². The highest BCUT2D eigenvalue weighted by molar-refractivity contribution is 8.00. The molecule has 0 bridgehead atoms. The van der Waals surface area contributed by atoms with Crippen LogP contribution in [0.5, 0.6) is 0 Å². The molecule has 4 rings (SSSR count). The molecule has 3 aromatic rings. The maximum absolute atomic E-state index is 13.7. The van der Waals surface area contributed by atoms with Crippen molar-refractivity contribution in [3.8, 4) is 11.1 Å². The number of rotatable bonds is 12. The van der Waals surface area contributed by atoms with E-state index in [1.54, 1.807) is 11.0 Å². The molecule has 1 aliphatic heterocycles. The molecule has 1 saturated heterocycles. The van der Waals surface area contributed by atoms with Crippen LogP contribution in [0, 0.1) is 0 Å². The van der Waals surface area contributed by atoms with E-state index in [0.717, 1.165) is 46.4 Å². The Morgan fingerprint density at radius 3 is 2.27 bits per heavy atom. The summed E-state index contributed by atoms with van der Waals surface area (Å²) in [5, 5.41) is 10.3. The number of hydrogen-bond acceptors (Lipinski definition) is 6. The minimum Gasteiger partial charge on any atom is -0.478 e. The third-order valence-corrected chi connectivity index (χ3v) is 8.40. The van der Waals surface area contributed by atoms with Crippen molar-refractivity contribution in [2.45, 2.75) is 88.4 Å². The van der Waals surface area contributed by atoms with Crippen molar-refractivity contribution in [2.75, 3.05) is 19.7 Å². The molecular formula is C36H45NO6S. The van der Waals surface area contributed by atoms with E-state index in [1.165, 1.54) is 11.8 Å². The molecule has 8 heteroatoms. The van der Waals surface area contributed by atoms with Crippen LogP contribution in [0.1, 0.15) is 81.5 Å². The molecule has 2 atom stereocenters. The summed E-state index contributed by atoms with van der Waals surface area (Å²) in [5.74, 6) is -0.969. The largest absolute Gasteiger partial charge is 0.478 e. The number of benzene rings is 3. The minimum absolute atomic E-state index is 0.159. The molecule has 3 aromatic carbocycles. The van der Waals surface area contributed by atoms with Gasteiger partial charge in [-0.25, -0.2) is 9.59 Å². The first-order valence-electron chi connectivity index (χ1n) is 15.4. The lowest BCUT2D eigenvalue weighted by atomic mass is 9.95. The van der Waals surface area contributed by atoms with Gasteiger partial charge in [-0.2, -0.15) is 0 Å². The third-order valence-electron chi connectivity index (χ3n) is 7.22. The van der Waals surface area contributed by atoms with Crippen LogP contribution in [-0.4, -0.2) is 58.9 Å². The van der Waals surface area contributed by atoms with Crippen molar-refractivity contribution in [1.29, 1.82) is 0 Å². The van der Waals surface area contributed by atoms with Gasteiger partial charge in [-0.1, -0.05) is 80.6 Å². The number of carbonyl (C=O) groups is 2. The quantitative estimate of drug-likeness (QED) is 0.203. The van der Waals surface area contributed by atoms with Gasteiger partial charge in [-0.15, -0.1) is 11.8 Å². The number of nitrogens with zero attached hydrogens (tertiary/aromatic N) is 1. The van der Waals surface area contributed by atoms with E-state index < -0.39 is 23.8 Å². The number of carboxylic acids is 1. The zero-order chi connectivity index (χ0) is 31.7. The van der Waals surface area contributed by atoms with Gasteiger partial charge in [0.25, 0.3) is 0 Å². The predicted molar refractivity (Wildman–Crippen MR) is 175 cm³/mol. The number of hydrogen-bond donors (Lipinski definition) is 1. The van der Waals surface area contributed by atoms with Gasteiger partial charge in [-0.05, 0) is 74.8 Å². The fourth-order valence-corrected chi connectivity index (χ4v) is 6.34. The summed E-state index contributed by atoms with van der Waals surface area (Å²) < 4.78 is 18.3. The molecule has 0 aliphatic carbocycles. The summed E-state index contributed by atoms with van der Waals surface area (Å²) in [6, 6.07) is 23.4. The first kappa shape index (κ1) is 33.6. The van der Waals surface area contributed by atoms with Crippen molar-refractivity contribution >= 4 is 23.8 Å². The summed E-state index contributed by atoms with van der Waals surface area (Å²) >= 11 is 1.54. The molecule has 1 N–H and O–H groups in total. The first-order chi connectivity index (χ1) is 21.0. The highest BCUT2D eigenvalue weighted by Gasteiger charge is 2.29. The predicted octanol–water partition coefficient (Wildman–Crippen LogP) is 8.62. The maximum Gasteiger partial charge on any atom is 0.410 e. The Morgan fingerprint density at radius 1 is 1.00 bits per heavy atom. The summed E-state index contributed by atoms with van der Waals surface area (Å²) in [6.45, 7) is 10.9. The van der Waals surface area contributed by atoms with Gasteiger partial charge < -0.3 is 24.2 Å². The molecule has 44 heavy (non-hydrogen) atoms. The van der Waals surface area contributed by atoms with E-state index in [9.17, 15) is 14.7 Å². The van der Waals surface area contributed by atoms with Crippen LogP contribution in [0.2, 0.25) is 0 Å². The van der Waals surface area contributed by atoms with E-state index in [-0.39, 0.29) is 23.6 Å². The molecule has 0 spiro atoms. The molecular weight excluding hydrogens is 574 g/mol. The lowest BCUT2D eigenvalue weighted by Crippen LogP contribution is -2.41. The Hall–Kier alpha value is -3.33. The van der Waals surface area contributed by atoms with Gasteiger partial charge >= 0.3 is 12.1 Å². The Kier molecular flexibility index (Phi) is 11.9. The Labute approximate surface area is 265 Å². The van der Waals surface area contributed by atoms with Gasteiger partial charge in [-0.3, -0.25) is 0 Å². The monoisotopic (exact) mass is 619 g/mol. The number of carbonyl (C=O) groups excluding carboxylic acids is 1. The first-order valence-corrected chi connectivity index (χ1v) is 16.3. The van der Waals surface area contributed by atoms with Crippen molar-refractivity contribution in [3.63, 3.8) is 0 Å². The molecule has 236 valence electrons. The third kappa shape index (κ3) is 9.58. The molecule has 1 amide bonds. The second-order valence-electron chi connectivity index (χ2n) is 12.3. The van der Waals surface area contributed by atoms with E-state index >= 15 is 0 Å². The Morgan fingerprint density at radius 2 is 1.68 bits per heavy atom. The molecule has 0 saturated carbocycles. The smallest absolute Gasteiger partial charge is 0.410 e. The minimum atomic E-state index is -0.969. The van der Waals surface area contributed by atoms with Gasteiger partial charge in [0.05, 0.1) is 12.1 Å². The van der Waals surface area contributed by atoms with Crippen LogP contribution in [-0.2, 0) is 20.6 Å². The highest BCUT2D eigenvalue weighted by atomic mass is 32.2. The molecule has 0 radical (unpaired) electrons. The summed E-state index contributed by atoms with van der Waals surface area (Å²) in [7, 11) is 0. The maximum atomic E-state index is 13.7. The van der Waals surface area contributed by atoms with Crippen LogP contribution in [0.25, 0.3) is 11.1 Å². The van der Waals surface area contributed by atoms with Crippen molar-refractivity contribution in [1.82, 2.24) is 4.90 Å². The van der Waals surface area contributed by atoms with E-state index in [4.69, 9.17) is 14.2 Å². The van der Waals surface area contributed by atoms with E-state index in [1.807, 2.05) is 87.5 Å². The lowest BCUT2D eigenvalue weighted by Gasteiger charge is -2.33. The number of thioether (sulfide) groups is 1. The summed E-state index contributed by atoms with van der Waals surface area (Å²) in [4.78, 5) is 28.5. The fraction of sp³-hybridized carbons (Fsp3) is 0.444. The normalized spacial score (nSPS) is 16.0. The van der Waals surface area contributed by atoms with E-state index in [0.29, 0.717) is 19.6 Å². The lowest BCUT2D eigenvalue weighted by molar-refractivity contribution is -0.192. The number of aromatic carboxylic acids is 1. The van der Waals surface area contributed by atoms with E-state index in [2.05, 4.69) is 13.8 Å². The average Bonchev–Trinajstić information content (AvgIpc) is 2.99. The highest BCUT2D eigenvalue weighted by Crippen LogP contribution is 2.37. The zero-order valence-electron chi connectivity index (χ0n) is 26.5. The van der Waals surface area contributed by atoms with Crippen LogP contribution < -0.4 is 0 Å². The van der Waals surface area contributed by atoms with Gasteiger partial charge in [0, 0.05) is 23.3 Å². The fourth-order valence-electron chi connectivity index (χ4n) is 5.23. The number of carboxylic acid groups (broad SMARTS) is 1. The molecule has 1 aliphatic rings. The SMILES string of the molecule is CC(C)Sc1c(C(=O)O)ccc(-c2ccccc2)c1CCN(C[C@H](OC1CCCCO1)c1ccccc1)C(=O)OC(C)(C)C. The number of ether oxygens (including phenoxy) is 3. The second-order valence-corrected chi connectivity index (χ2v) is 13.9. The summed E-state index contributed by atoms with van der Waals surface area (Å²) in [5.41, 5.74) is 3.37. The van der Waals surface area contributed by atoms with Crippen molar-refractivity contribution < 1.29 is 28.9 Å². The van der Waals surface area contributed by atoms with Crippen molar-refractivity contribution in [3.05, 3.63) is 89.5 Å². The molecule has 1 heterocycles. The van der Waals surface area contributed by atoms with Gasteiger partial charge in [0.2, 0.25) is 0 Å². The Balaban J connectivity index is 1.72. The van der Waals surface area contributed by atoms with Gasteiger partial charge in [0.15, 0.2) is 6.29 Å². The Bertz CT molecular complexity index is 1370. The molecule has 1 unspecified atom stereocenters. The molecule has 0 aromatic heterocycles. The van der Waals surface area contributed by atoms with Crippen LogP contribution in [0.4, 0.5) is 4.79 Å².